The zero-order valence-electron chi connectivity index (χ0n) is 6.20. The second-order valence-corrected chi connectivity index (χ2v) is 4.69. The molecular formula is C7H4ClF2I2N. The van der Waals surface area contributed by atoms with Gasteiger partial charge in [0, 0.05) is 9.45 Å². The fourth-order valence-electron chi connectivity index (χ4n) is 0.810. The maximum Gasteiger partial charge on any atom is 0.281 e. The average molecular weight is 429 g/mol. The van der Waals surface area contributed by atoms with Crippen LogP contribution < -0.4 is 0 Å². The molecule has 0 bridgehead atoms. The quantitative estimate of drug-likeness (QED) is 0.394. The van der Waals surface area contributed by atoms with Crippen molar-refractivity contribution in [1.82, 2.24) is 4.98 Å². The number of hydrogen-bond donors (Lipinski definition) is 0. The van der Waals surface area contributed by atoms with Crippen molar-refractivity contribution in [2.45, 2.75) is 12.3 Å². The van der Waals surface area contributed by atoms with E-state index in [-0.39, 0.29) is 11.6 Å². The van der Waals surface area contributed by atoms with Gasteiger partial charge in [-0.3, -0.25) is 0 Å². The summed E-state index contributed by atoms with van der Waals surface area (Å²) in [5.74, 6) is 0.233. The molecule has 0 radical (unpaired) electrons. The fraction of sp³-hybridized carbons (Fsp3) is 0.286. The zero-order valence-corrected chi connectivity index (χ0v) is 11.3. The van der Waals surface area contributed by atoms with Crippen molar-refractivity contribution in [3.05, 3.63) is 24.6 Å². The summed E-state index contributed by atoms with van der Waals surface area (Å²) in [5.41, 5.74) is 0.528. The number of pyridine rings is 1. The van der Waals surface area contributed by atoms with Gasteiger partial charge in [-0.1, -0.05) is 0 Å². The van der Waals surface area contributed by atoms with E-state index in [0.29, 0.717) is 12.8 Å². The summed E-state index contributed by atoms with van der Waals surface area (Å²) in [4.78, 5) is 3.75. The van der Waals surface area contributed by atoms with Gasteiger partial charge in [-0.05, 0) is 56.8 Å². The molecule has 0 spiro atoms. The van der Waals surface area contributed by atoms with Gasteiger partial charge in [-0.25, -0.2) is 13.8 Å². The Balaban J connectivity index is 3.27. The van der Waals surface area contributed by atoms with E-state index in [1.807, 2.05) is 45.2 Å². The summed E-state index contributed by atoms with van der Waals surface area (Å²) in [6.45, 7) is 0. The first-order valence-corrected chi connectivity index (χ1v) is 5.94. The summed E-state index contributed by atoms with van der Waals surface area (Å²) in [5, 5.41) is 0. The van der Waals surface area contributed by atoms with Gasteiger partial charge in [0.05, 0.1) is 0 Å². The van der Waals surface area contributed by atoms with Crippen molar-refractivity contribution in [1.29, 1.82) is 0 Å². The Kier molecular flexibility index (Phi) is 4.56. The van der Waals surface area contributed by atoms with Crippen molar-refractivity contribution in [3.63, 3.8) is 0 Å². The van der Waals surface area contributed by atoms with Crippen LogP contribution in [0.5, 0.6) is 0 Å². The minimum atomic E-state index is -2.54. The Morgan fingerprint density at radius 1 is 1.46 bits per heavy atom. The Labute approximate surface area is 107 Å². The number of nitrogens with zero attached hydrogens (tertiary/aromatic N) is 1. The first-order valence-electron chi connectivity index (χ1n) is 3.25. The first kappa shape index (κ1) is 11.8. The fourth-order valence-corrected chi connectivity index (χ4v) is 2.58. The van der Waals surface area contributed by atoms with Crippen LogP contribution in [-0.4, -0.2) is 4.98 Å². The van der Waals surface area contributed by atoms with Gasteiger partial charge in [0.2, 0.25) is 0 Å². The molecule has 0 unspecified atom stereocenters. The van der Waals surface area contributed by atoms with Crippen molar-refractivity contribution < 1.29 is 8.78 Å². The van der Waals surface area contributed by atoms with E-state index in [1.165, 1.54) is 0 Å². The molecule has 0 N–H and O–H groups in total. The number of alkyl halides is 3. The maximum atomic E-state index is 12.4. The van der Waals surface area contributed by atoms with Crippen molar-refractivity contribution in [2.75, 3.05) is 0 Å². The van der Waals surface area contributed by atoms with Crippen LogP contribution in [-0.2, 0) is 5.88 Å². The summed E-state index contributed by atoms with van der Waals surface area (Å²) < 4.78 is 25.8. The van der Waals surface area contributed by atoms with E-state index >= 15 is 0 Å². The highest BCUT2D eigenvalue weighted by molar-refractivity contribution is 14.1. The molecule has 1 rings (SSSR count). The number of hydrogen-bond acceptors (Lipinski definition) is 1. The van der Waals surface area contributed by atoms with Crippen LogP contribution >= 0.6 is 56.8 Å². The van der Waals surface area contributed by atoms with Crippen LogP contribution in [0, 0.1) is 7.27 Å². The zero-order chi connectivity index (χ0) is 10.0. The van der Waals surface area contributed by atoms with Crippen LogP contribution in [0.4, 0.5) is 8.78 Å². The Morgan fingerprint density at radius 2 is 2.08 bits per heavy atom. The van der Waals surface area contributed by atoms with E-state index < -0.39 is 6.43 Å². The third kappa shape index (κ3) is 2.85. The van der Waals surface area contributed by atoms with E-state index in [1.54, 1.807) is 6.07 Å². The Hall–Kier alpha value is 0.760. The molecule has 0 fully saturated rings. The number of aromatic nitrogens is 1. The molecule has 72 valence electrons. The molecule has 0 atom stereocenters. The first-order chi connectivity index (χ1) is 6.06. The molecule has 1 nitrogen and oxygen atoms in total. The molecule has 6 heteroatoms. The van der Waals surface area contributed by atoms with Gasteiger partial charge in [0.25, 0.3) is 6.43 Å². The highest BCUT2D eigenvalue weighted by Crippen LogP contribution is 2.27. The van der Waals surface area contributed by atoms with Crippen LogP contribution in [0.25, 0.3) is 0 Å². The lowest BCUT2D eigenvalue weighted by molar-refractivity contribution is 0.144. The van der Waals surface area contributed by atoms with Gasteiger partial charge in [0.1, 0.15) is 9.39 Å². The summed E-state index contributed by atoms with van der Waals surface area (Å²) in [7, 11) is 0. The number of halogens is 5. The minimum Gasteiger partial charge on any atom is -0.240 e. The normalized spacial score (nSPS) is 10.9. The van der Waals surface area contributed by atoms with Crippen molar-refractivity contribution in [2.24, 2.45) is 0 Å². The third-order valence-corrected chi connectivity index (χ3v) is 3.46. The molecule has 0 aliphatic rings. The predicted molar refractivity (Wildman–Crippen MR) is 64.2 cm³/mol. The van der Waals surface area contributed by atoms with E-state index in [9.17, 15) is 8.78 Å². The lowest BCUT2D eigenvalue weighted by Crippen LogP contribution is -2.00. The van der Waals surface area contributed by atoms with Crippen LogP contribution in [0.2, 0.25) is 0 Å². The predicted octanol–water partition coefficient (Wildman–Crippen LogP) is 3.97. The largest absolute Gasteiger partial charge is 0.281 e. The maximum absolute atomic E-state index is 12.4. The van der Waals surface area contributed by atoms with Gasteiger partial charge in [0.15, 0.2) is 0 Å². The summed E-state index contributed by atoms with van der Waals surface area (Å²) in [6, 6.07) is 1.71. The van der Waals surface area contributed by atoms with Crippen molar-refractivity contribution in [3.8, 4) is 0 Å². The molecule has 1 heterocycles. The SMILES string of the molecule is FC(F)c1nc(I)cc(CCl)c1I. The highest BCUT2D eigenvalue weighted by Gasteiger charge is 2.16. The molecule has 0 saturated carbocycles. The number of rotatable bonds is 2. The highest BCUT2D eigenvalue weighted by atomic mass is 127. The molecule has 0 aliphatic heterocycles. The van der Waals surface area contributed by atoms with Gasteiger partial charge < -0.3 is 0 Å². The Morgan fingerprint density at radius 3 is 2.54 bits per heavy atom. The van der Waals surface area contributed by atoms with Gasteiger partial charge >= 0.3 is 0 Å². The second-order valence-electron chi connectivity index (χ2n) is 2.24. The standard InChI is InChI=1S/C7H4ClF2I2N/c8-2-3-1-4(11)13-6(5(3)12)7(9)10/h1,7H,2H2. The van der Waals surface area contributed by atoms with Crippen LogP contribution in [0.1, 0.15) is 17.7 Å². The molecule has 0 aromatic carbocycles. The third-order valence-electron chi connectivity index (χ3n) is 1.38. The summed E-state index contributed by atoms with van der Waals surface area (Å²) in [6.07, 6.45) is -2.54. The lowest BCUT2D eigenvalue weighted by atomic mass is 10.2. The van der Waals surface area contributed by atoms with E-state index in [0.717, 1.165) is 0 Å². The molecule has 0 amide bonds. The topological polar surface area (TPSA) is 12.9 Å². The van der Waals surface area contributed by atoms with Crippen molar-refractivity contribution >= 4 is 56.8 Å². The van der Waals surface area contributed by atoms with E-state index in [2.05, 4.69) is 4.98 Å². The van der Waals surface area contributed by atoms with Crippen LogP contribution in [0.15, 0.2) is 6.07 Å². The monoisotopic (exact) mass is 429 g/mol. The molecule has 0 saturated heterocycles. The smallest absolute Gasteiger partial charge is 0.240 e. The Bertz CT molecular complexity index is 320. The second kappa shape index (κ2) is 5.01. The summed E-state index contributed by atoms with van der Waals surface area (Å²) >= 11 is 9.34. The molecule has 1 aromatic heterocycles. The molecule has 0 aliphatic carbocycles. The molecule has 13 heavy (non-hydrogen) atoms. The molecule has 1 aromatic rings. The van der Waals surface area contributed by atoms with Crippen LogP contribution in [0.3, 0.4) is 0 Å². The van der Waals surface area contributed by atoms with Gasteiger partial charge in [-0.2, -0.15) is 0 Å². The minimum absolute atomic E-state index is 0.178. The van der Waals surface area contributed by atoms with E-state index in [4.69, 9.17) is 11.6 Å². The average Bonchev–Trinajstić information content (AvgIpc) is 2.08. The van der Waals surface area contributed by atoms with Gasteiger partial charge in [-0.15, -0.1) is 11.6 Å². The lowest BCUT2D eigenvalue weighted by Gasteiger charge is -2.06. The molecular weight excluding hydrogens is 425 g/mol.